The minimum atomic E-state index is -0.986. The molecular weight excluding hydrogens is 456 g/mol. The van der Waals surface area contributed by atoms with E-state index in [1.807, 2.05) is 24.3 Å². The molecule has 10 nitrogen and oxygen atoms in total. The van der Waals surface area contributed by atoms with Gasteiger partial charge in [0.15, 0.2) is 0 Å². The van der Waals surface area contributed by atoms with Crippen LogP contribution in [0.15, 0.2) is 43.1 Å². The first kappa shape index (κ1) is 25.2. The number of aromatic nitrogens is 1. The minimum absolute atomic E-state index is 0.189. The second kappa shape index (κ2) is 11.6. The van der Waals surface area contributed by atoms with Crippen LogP contribution in [0.5, 0.6) is 0 Å². The van der Waals surface area contributed by atoms with Crippen LogP contribution in [0, 0.1) is 0 Å². The van der Waals surface area contributed by atoms with Crippen molar-refractivity contribution < 1.29 is 19.2 Å². The Kier molecular flexibility index (Phi) is 8.58. The smallest absolute Gasteiger partial charge is 0.315 e. The normalized spacial score (nSPS) is 18.3. The number of H-pyrrole nitrogens is 1. The van der Waals surface area contributed by atoms with E-state index >= 15 is 0 Å². The van der Waals surface area contributed by atoms with Gasteiger partial charge in [-0.05, 0) is 24.3 Å². The Morgan fingerprint density at radius 2 is 2.09 bits per heavy atom. The number of nitrogens with zero attached hydrogens (tertiary/aromatic N) is 1. The molecule has 0 bridgehead atoms. The first-order chi connectivity index (χ1) is 16.3. The zero-order valence-corrected chi connectivity index (χ0v) is 19.8. The van der Waals surface area contributed by atoms with Crippen LogP contribution >= 0.6 is 11.8 Å². The fourth-order valence-corrected chi connectivity index (χ4v) is 4.55. The van der Waals surface area contributed by atoms with Crippen LogP contribution in [-0.4, -0.2) is 76.9 Å². The van der Waals surface area contributed by atoms with E-state index in [1.165, 1.54) is 22.7 Å². The van der Waals surface area contributed by atoms with E-state index in [2.05, 4.69) is 27.5 Å². The summed E-state index contributed by atoms with van der Waals surface area (Å²) in [6, 6.07) is 4.59. The van der Waals surface area contributed by atoms with Crippen molar-refractivity contribution in [3.8, 4) is 0 Å². The first-order valence-electron chi connectivity index (χ1n) is 10.9. The SMILES string of the molecule is C=CCNC(=O)N[C@H]1CCN(C(=O)CSC)[C@@H]1C(=O)N[C@H](Cc1c[nH]c2ccccc12)C(N)=O. The highest BCUT2D eigenvalue weighted by molar-refractivity contribution is 7.99. The Morgan fingerprint density at radius 3 is 2.79 bits per heavy atom. The summed E-state index contributed by atoms with van der Waals surface area (Å²) in [5.74, 6) is -1.24. The fraction of sp³-hybridized carbons (Fsp3) is 0.391. The molecule has 2 heterocycles. The Labute approximate surface area is 202 Å². The van der Waals surface area contributed by atoms with Crippen LogP contribution < -0.4 is 21.7 Å². The van der Waals surface area contributed by atoms with Crippen LogP contribution in [0.25, 0.3) is 10.9 Å². The van der Waals surface area contributed by atoms with E-state index in [1.54, 1.807) is 12.5 Å². The van der Waals surface area contributed by atoms with Crippen molar-refractivity contribution >= 4 is 46.4 Å². The number of benzene rings is 1. The van der Waals surface area contributed by atoms with Crippen LogP contribution in [-0.2, 0) is 20.8 Å². The zero-order valence-electron chi connectivity index (χ0n) is 19.0. The van der Waals surface area contributed by atoms with Crippen molar-refractivity contribution in [1.29, 1.82) is 0 Å². The third kappa shape index (κ3) is 5.90. The third-order valence-electron chi connectivity index (χ3n) is 5.74. The van der Waals surface area contributed by atoms with Gasteiger partial charge in [0.25, 0.3) is 0 Å². The highest BCUT2D eigenvalue weighted by Crippen LogP contribution is 2.22. The number of urea groups is 1. The fourth-order valence-electron chi connectivity index (χ4n) is 4.14. The average molecular weight is 487 g/mol. The standard InChI is InChI=1S/C23H30N6O4S/c1-3-9-25-23(33)28-17-8-10-29(19(30)13-34-2)20(17)22(32)27-18(21(24)31)11-14-12-26-16-7-5-4-6-15(14)16/h3-7,12,17-18,20,26H,1,8-11,13H2,2H3,(H2,24,31)(H,27,32)(H2,25,28,33)/t17-,18+,20-/m0/s1. The van der Waals surface area contributed by atoms with Gasteiger partial charge < -0.3 is 31.6 Å². The maximum absolute atomic E-state index is 13.4. The predicted molar refractivity (Wildman–Crippen MR) is 132 cm³/mol. The Bertz CT molecular complexity index is 1070. The number of carbonyl (C=O) groups excluding carboxylic acids is 4. The molecule has 11 heteroatoms. The number of nitrogens with one attached hydrogen (secondary N) is 4. The van der Waals surface area contributed by atoms with Gasteiger partial charge in [0.05, 0.1) is 11.8 Å². The van der Waals surface area contributed by atoms with Gasteiger partial charge in [-0.3, -0.25) is 14.4 Å². The topological polar surface area (TPSA) is 149 Å². The molecule has 1 fully saturated rings. The zero-order chi connectivity index (χ0) is 24.7. The monoisotopic (exact) mass is 486 g/mol. The molecule has 3 rings (SSSR count). The molecule has 3 atom stereocenters. The maximum atomic E-state index is 13.4. The lowest BCUT2D eigenvalue weighted by Gasteiger charge is -2.29. The number of likely N-dealkylation sites (tertiary alicyclic amines) is 1. The molecule has 1 aromatic carbocycles. The molecule has 0 saturated carbocycles. The number of para-hydroxylation sites is 1. The average Bonchev–Trinajstić information content (AvgIpc) is 3.41. The lowest BCUT2D eigenvalue weighted by Crippen LogP contribution is -2.59. The Hall–Kier alpha value is -3.47. The quantitative estimate of drug-likeness (QED) is 0.310. The van der Waals surface area contributed by atoms with E-state index in [4.69, 9.17) is 5.73 Å². The number of aromatic amines is 1. The van der Waals surface area contributed by atoms with Gasteiger partial charge in [-0.1, -0.05) is 24.3 Å². The summed E-state index contributed by atoms with van der Waals surface area (Å²) in [6.07, 6.45) is 5.71. The van der Waals surface area contributed by atoms with Crippen molar-refractivity contribution in [1.82, 2.24) is 25.8 Å². The van der Waals surface area contributed by atoms with E-state index < -0.39 is 36.0 Å². The molecule has 0 radical (unpaired) electrons. The van der Waals surface area contributed by atoms with Gasteiger partial charge in [0, 0.05) is 36.6 Å². The van der Waals surface area contributed by atoms with Gasteiger partial charge in [0.2, 0.25) is 17.7 Å². The molecule has 1 saturated heterocycles. The highest BCUT2D eigenvalue weighted by atomic mass is 32.2. The van der Waals surface area contributed by atoms with Gasteiger partial charge in [-0.2, -0.15) is 11.8 Å². The molecule has 0 unspecified atom stereocenters. The van der Waals surface area contributed by atoms with E-state index in [0.29, 0.717) is 13.0 Å². The molecule has 1 aliphatic rings. The summed E-state index contributed by atoms with van der Waals surface area (Å²) in [4.78, 5) is 55.1. The van der Waals surface area contributed by atoms with Crippen LogP contribution in [0.2, 0.25) is 0 Å². The number of hydrogen-bond donors (Lipinski definition) is 5. The molecule has 1 aromatic heterocycles. The van der Waals surface area contributed by atoms with Crippen molar-refractivity contribution in [2.75, 3.05) is 25.1 Å². The minimum Gasteiger partial charge on any atom is -0.368 e. The van der Waals surface area contributed by atoms with Gasteiger partial charge in [-0.25, -0.2) is 4.79 Å². The summed E-state index contributed by atoms with van der Waals surface area (Å²) >= 11 is 1.35. The summed E-state index contributed by atoms with van der Waals surface area (Å²) < 4.78 is 0. The van der Waals surface area contributed by atoms with E-state index in [-0.39, 0.29) is 24.6 Å². The van der Waals surface area contributed by atoms with E-state index in [9.17, 15) is 19.2 Å². The van der Waals surface area contributed by atoms with Crippen molar-refractivity contribution in [2.45, 2.75) is 31.0 Å². The molecular formula is C23H30N6O4S. The number of carbonyl (C=O) groups is 4. The molecule has 1 aliphatic heterocycles. The first-order valence-corrected chi connectivity index (χ1v) is 12.3. The van der Waals surface area contributed by atoms with E-state index in [0.717, 1.165) is 16.5 Å². The van der Waals surface area contributed by atoms with Gasteiger partial charge in [-0.15, -0.1) is 6.58 Å². The largest absolute Gasteiger partial charge is 0.368 e. The van der Waals surface area contributed by atoms with Crippen LogP contribution in [0.3, 0.4) is 0 Å². The number of hydrogen-bond acceptors (Lipinski definition) is 5. The van der Waals surface area contributed by atoms with Crippen LogP contribution in [0.1, 0.15) is 12.0 Å². The van der Waals surface area contributed by atoms with Crippen molar-refractivity contribution in [3.05, 3.63) is 48.7 Å². The van der Waals surface area contributed by atoms with Crippen molar-refractivity contribution in [3.63, 3.8) is 0 Å². The molecule has 34 heavy (non-hydrogen) atoms. The second-order valence-electron chi connectivity index (χ2n) is 8.03. The summed E-state index contributed by atoms with van der Waals surface area (Å²) in [6.45, 7) is 4.13. The predicted octanol–water partition coefficient (Wildman–Crippen LogP) is 0.498. The third-order valence-corrected chi connectivity index (χ3v) is 6.27. The lowest BCUT2D eigenvalue weighted by molar-refractivity contribution is -0.138. The number of nitrogens with two attached hydrogens (primary N) is 1. The summed E-state index contributed by atoms with van der Waals surface area (Å²) in [5, 5.41) is 9.02. The second-order valence-corrected chi connectivity index (χ2v) is 8.90. The lowest BCUT2D eigenvalue weighted by atomic mass is 10.0. The molecule has 5 amide bonds. The number of rotatable bonds is 10. The number of primary amides is 1. The molecule has 2 aromatic rings. The Morgan fingerprint density at radius 1 is 1.32 bits per heavy atom. The van der Waals surface area contributed by atoms with Crippen LogP contribution in [0.4, 0.5) is 4.79 Å². The molecule has 6 N–H and O–H groups in total. The summed E-state index contributed by atoms with van der Waals surface area (Å²) in [5.41, 5.74) is 7.36. The summed E-state index contributed by atoms with van der Waals surface area (Å²) in [7, 11) is 0. The maximum Gasteiger partial charge on any atom is 0.315 e. The van der Waals surface area contributed by atoms with Gasteiger partial charge in [0.1, 0.15) is 12.1 Å². The highest BCUT2D eigenvalue weighted by Gasteiger charge is 2.43. The number of thioether (sulfide) groups is 1. The number of amides is 5. The molecule has 182 valence electrons. The van der Waals surface area contributed by atoms with Crippen molar-refractivity contribution in [2.24, 2.45) is 5.73 Å². The van der Waals surface area contributed by atoms with Gasteiger partial charge >= 0.3 is 6.03 Å². The number of fused-ring (bicyclic) bond motifs is 1. The molecule has 0 spiro atoms. The Balaban J connectivity index is 1.78. The molecule has 0 aliphatic carbocycles.